The first kappa shape index (κ1) is 12.9. The number of ether oxygens (including phenoxy) is 1. The lowest BCUT2D eigenvalue weighted by atomic mass is 10.1. The lowest BCUT2D eigenvalue weighted by Crippen LogP contribution is -2.11. The molecule has 0 radical (unpaired) electrons. The number of thiocarbonyl (C=S) groups is 1. The van der Waals surface area contributed by atoms with E-state index in [1.54, 1.807) is 12.3 Å². The Kier molecular flexibility index (Phi) is 5.19. The molecule has 0 unspecified atom stereocenters. The molecule has 0 saturated heterocycles. The van der Waals surface area contributed by atoms with Crippen LogP contribution < -0.4 is 10.5 Å². The van der Waals surface area contributed by atoms with Gasteiger partial charge in [-0.25, -0.2) is 4.98 Å². The zero-order valence-corrected chi connectivity index (χ0v) is 10.6. The van der Waals surface area contributed by atoms with Crippen molar-refractivity contribution < 1.29 is 4.74 Å². The molecular formula is C12H18N2OS. The molecule has 4 heteroatoms. The highest BCUT2D eigenvalue weighted by atomic mass is 32.1. The van der Waals surface area contributed by atoms with Crippen LogP contribution in [0.5, 0.6) is 5.75 Å². The van der Waals surface area contributed by atoms with E-state index in [2.05, 4.69) is 18.8 Å². The first-order valence-electron chi connectivity index (χ1n) is 5.48. The summed E-state index contributed by atoms with van der Waals surface area (Å²) in [5.41, 5.74) is 6.08. The highest BCUT2D eigenvalue weighted by Crippen LogP contribution is 2.11. The first-order valence-corrected chi connectivity index (χ1v) is 5.89. The van der Waals surface area contributed by atoms with E-state index >= 15 is 0 Å². The molecule has 0 aromatic carbocycles. The smallest absolute Gasteiger partial charge is 0.137 e. The number of aromatic nitrogens is 1. The van der Waals surface area contributed by atoms with Crippen LogP contribution in [0.1, 0.15) is 32.4 Å². The monoisotopic (exact) mass is 238 g/mol. The number of pyridine rings is 1. The number of hydrogen-bond donors (Lipinski definition) is 1. The molecule has 16 heavy (non-hydrogen) atoms. The van der Waals surface area contributed by atoms with E-state index in [1.165, 1.54) is 6.42 Å². The molecule has 0 bridgehead atoms. The van der Waals surface area contributed by atoms with E-state index in [-0.39, 0.29) is 0 Å². The van der Waals surface area contributed by atoms with Gasteiger partial charge in [0.15, 0.2) is 0 Å². The van der Waals surface area contributed by atoms with Gasteiger partial charge >= 0.3 is 0 Å². The Hall–Kier alpha value is -1.16. The van der Waals surface area contributed by atoms with E-state index < -0.39 is 0 Å². The zero-order valence-electron chi connectivity index (χ0n) is 9.77. The molecule has 0 fully saturated rings. The van der Waals surface area contributed by atoms with Crippen LogP contribution >= 0.6 is 12.2 Å². The van der Waals surface area contributed by atoms with Gasteiger partial charge in [0.1, 0.15) is 10.7 Å². The summed E-state index contributed by atoms with van der Waals surface area (Å²) in [6.45, 7) is 5.14. The summed E-state index contributed by atoms with van der Waals surface area (Å²) in [5, 5.41) is 0. The van der Waals surface area contributed by atoms with E-state index in [1.807, 2.05) is 6.07 Å². The normalized spacial score (nSPS) is 10.4. The predicted octanol–water partition coefficient (Wildman–Crippen LogP) is 2.53. The van der Waals surface area contributed by atoms with E-state index in [0.29, 0.717) is 10.7 Å². The summed E-state index contributed by atoms with van der Waals surface area (Å²) in [7, 11) is 0. The fourth-order valence-electron chi connectivity index (χ4n) is 1.29. The molecule has 0 saturated carbocycles. The number of hydrogen-bond acceptors (Lipinski definition) is 3. The third-order valence-electron chi connectivity index (χ3n) is 2.18. The van der Waals surface area contributed by atoms with Crippen molar-refractivity contribution in [3.8, 4) is 5.75 Å². The molecule has 3 nitrogen and oxygen atoms in total. The summed E-state index contributed by atoms with van der Waals surface area (Å²) in [5.74, 6) is 1.49. The van der Waals surface area contributed by atoms with Gasteiger partial charge in [0.2, 0.25) is 0 Å². The Morgan fingerprint density at radius 3 is 2.75 bits per heavy atom. The first-order chi connectivity index (χ1) is 7.59. The molecule has 1 aromatic heterocycles. The van der Waals surface area contributed by atoms with Crippen molar-refractivity contribution in [2.24, 2.45) is 11.7 Å². The lowest BCUT2D eigenvalue weighted by Gasteiger charge is -2.07. The minimum Gasteiger partial charge on any atom is -0.492 e. The molecule has 1 rings (SSSR count). The largest absolute Gasteiger partial charge is 0.492 e. The van der Waals surface area contributed by atoms with Crippen molar-refractivity contribution >= 4 is 17.2 Å². The fraction of sp³-hybridized carbons (Fsp3) is 0.500. The van der Waals surface area contributed by atoms with Gasteiger partial charge in [0, 0.05) is 0 Å². The maximum absolute atomic E-state index is 5.54. The van der Waals surface area contributed by atoms with Crippen LogP contribution in [0.2, 0.25) is 0 Å². The van der Waals surface area contributed by atoms with Crippen molar-refractivity contribution in [1.29, 1.82) is 0 Å². The number of nitrogens with zero attached hydrogens (tertiary/aromatic N) is 1. The van der Waals surface area contributed by atoms with Crippen LogP contribution in [-0.4, -0.2) is 16.6 Å². The molecule has 0 aliphatic rings. The fourth-order valence-corrected chi connectivity index (χ4v) is 1.41. The maximum Gasteiger partial charge on any atom is 0.137 e. The summed E-state index contributed by atoms with van der Waals surface area (Å²) in [4.78, 5) is 4.41. The van der Waals surface area contributed by atoms with Gasteiger partial charge in [-0.1, -0.05) is 26.1 Å². The highest BCUT2D eigenvalue weighted by Gasteiger charge is 1.99. The van der Waals surface area contributed by atoms with Crippen LogP contribution in [0.3, 0.4) is 0 Å². The van der Waals surface area contributed by atoms with Crippen molar-refractivity contribution in [2.75, 3.05) is 6.61 Å². The van der Waals surface area contributed by atoms with Crippen LogP contribution in [0.15, 0.2) is 18.3 Å². The molecule has 1 heterocycles. The Bertz CT molecular complexity index is 335. The molecule has 88 valence electrons. The molecule has 0 aliphatic heterocycles. The Morgan fingerprint density at radius 2 is 2.25 bits per heavy atom. The number of rotatable bonds is 6. The molecular weight excluding hydrogens is 220 g/mol. The summed E-state index contributed by atoms with van der Waals surface area (Å²) < 4.78 is 5.54. The van der Waals surface area contributed by atoms with Gasteiger partial charge in [-0.15, -0.1) is 0 Å². The van der Waals surface area contributed by atoms with E-state index in [4.69, 9.17) is 22.7 Å². The molecule has 0 amide bonds. The minimum atomic E-state index is 0.311. The Labute approximate surface area is 102 Å². The topological polar surface area (TPSA) is 48.1 Å². The van der Waals surface area contributed by atoms with Gasteiger partial charge in [0.05, 0.1) is 18.5 Å². The number of nitrogens with two attached hydrogens (primary N) is 1. The Balaban J connectivity index is 2.35. The standard InChI is InChI=1S/C12H18N2OS/c1-9(2)4-3-7-15-10-5-6-11(12(13)16)14-8-10/h5-6,8-9H,3-4,7H2,1-2H3,(H2,13,16). The average Bonchev–Trinajstić information content (AvgIpc) is 2.25. The van der Waals surface area contributed by atoms with Gasteiger partial charge in [-0.05, 0) is 30.9 Å². The van der Waals surface area contributed by atoms with E-state index in [0.717, 1.165) is 24.7 Å². The van der Waals surface area contributed by atoms with Crippen molar-refractivity contribution in [3.05, 3.63) is 24.0 Å². The van der Waals surface area contributed by atoms with Crippen LogP contribution in [0.25, 0.3) is 0 Å². The molecule has 0 atom stereocenters. The Morgan fingerprint density at radius 1 is 1.50 bits per heavy atom. The van der Waals surface area contributed by atoms with Gasteiger partial charge < -0.3 is 10.5 Å². The van der Waals surface area contributed by atoms with Gasteiger partial charge in [-0.2, -0.15) is 0 Å². The summed E-state index contributed by atoms with van der Waals surface area (Å²) >= 11 is 4.81. The molecule has 1 aromatic rings. The van der Waals surface area contributed by atoms with Crippen molar-refractivity contribution in [2.45, 2.75) is 26.7 Å². The SMILES string of the molecule is CC(C)CCCOc1ccc(C(N)=S)nc1. The summed E-state index contributed by atoms with van der Waals surface area (Å²) in [6.07, 6.45) is 3.90. The second-order valence-electron chi connectivity index (χ2n) is 4.13. The lowest BCUT2D eigenvalue weighted by molar-refractivity contribution is 0.296. The van der Waals surface area contributed by atoms with Crippen LogP contribution in [0, 0.1) is 5.92 Å². The van der Waals surface area contributed by atoms with Crippen molar-refractivity contribution in [1.82, 2.24) is 4.98 Å². The third-order valence-corrected chi connectivity index (χ3v) is 2.39. The van der Waals surface area contributed by atoms with Crippen LogP contribution in [0.4, 0.5) is 0 Å². The summed E-state index contributed by atoms with van der Waals surface area (Å²) in [6, 6.07) is 3.62. The quantitative estimate of drug-likeness (QED) is 0.611. The van der Waals surface area contributed by atoms with E-state index in [9.17, 15) is 0 Å². The molecule has 2 N–H and O–H groups in total. The second kappa shape index (κ2) is 6.43. The molecule has 0 spiro atoms. The van der Waals surface area contributed by atoms with Crippen LogP contribution in [-0.2, 0) is 0 Å². The predicted molar refractivity (Wildman–Crippen MR) is 69.7 cm³/mol. The van der Waals surface area contributed by atoms with Crippen molar-refractivity contribution in [3.63, 3.8) is 0 Å². The van der Waals surface area contributed by atoms with Gasteiger partial charge in [-0.3, -0.25) is 0 Å². The zero-order chi connectivity index (χ0) is 12.0. The van der Waals surface area contributed by atoms with Gasteiger partial charge in [0.25, 0.3) is 0 Å². The second-order valence-corrected chi connectivity index (χ2v) is 4.57. The molecule has 0 aliphatic carbocycles. The highest BCUT2D eigenvalue weighted by molar-refractivity contribution is 7.80. The average molecular weight is 238 g/mol. The minimum absolute atomic E-state index is 0.311. The maximum atomic E-state index is 5.54. The third kappa shape index (κ3) is 4.57.